The molecule has 1 saturated heterocycles. The molecular weight excluding hydrogens is 332 g/mol. The van der Waals surface area contributed by atoms with Crippen LogP contribution in [-0.4, -0.2) is 38.8 Å². The Morgan fingerprint density at radius 2 is 2.12 bits per heavy atom. The Kier molecular flexibility index (Phi) is 3.75. The van der Waals surface area contributed by atoms with Gasteiger partial charge in [0.1, 0.15) is 11.7 Å². The molecule has 136 valence electrons. The molecule has 0 aliphatic carbocycles. The van der Waals surface area contributed by atoms with Gasteiger partial charge in [-0.15, -0.1) is 0 Å². The SMILES string of the molecule is Cc1ccnn1CCN1C(=O)[C@@H](C(N)=O)[C@H]2C[C@@]1(C)Oc1ccccc12. The Morgan fingerprint density at radius 3 is 2.81 bits per heavy atom. The zero-order valence-electron chi connectivity index (χ0n) is 14.9. The molecule has 2 N–H and O–H groups in total. The van der Waals surface area contributed by atoms with E-state index >= 15 is 0 Å². The van der Waals surface area contributed by atoms with E-state index in [2.05, 4.69) is 5.10 Å². The summed E-state index contributed by atoms with van der Waals surface area (Å²) in [5, 5.41) is 4.26. The minimum absolute atomic E-state index is 0.252. The van der Waals surface area contributed by atoms with Gasteiger partial charge in [-0.05, 0) is 31.5 Å². The number of piperidine rings is 1. The lowest BCUT2D eigenvalue weighted by atomic mass is 9.73. The molecule has 0 saturated carbocycles. The molecule has 7 heteroatoms. The Bertz CT molecular complexity index is 877. The number of ether oxygens (including phenoxy) is 1. The molecule has 2 aromatic rings. The Balaban J connectivity index is 1.70. The van der Waals surface area contributed by atoms with Gasteiger partial charge in [0.15, 0.2) is 5.72 Å². The van der Waals surface area contributed by atoms with Crippen LogP contribution in [0.3, 0.4) is 0 Å². The fraction of sp³-hybridized carbons (Fsp3) is 0.421. The van der Waals surface area contributed by atoms with Gasteiger partial charge in [-0.2, -0.15) is 5.10 Å². The van der Waals surface area contributed by atoms with Crippen molar-refractivity contribution in [1.82, 2.24) is 14.7 Å². The van der Waals surface area contributed by atoms with Gasteiger partial charge in [-0.25, -0.2) is 0 Å². The van der Waals surface area contributed by atoms with Crippen LogP contribution in [0.5, 0.6) is 5.75 Å². The van der Waals surface area contributed by atoms with E-state index in [-0.39, 0.29) is 11.8 Å². The fourth-order valence-electron chi connectivity index (χ4n) is 4.21. The van der Waals surface area contributed by atoms with Crippen molar-refractivity contribution >= 4 is 11.8 Å². The van der Waals surface area contributed by atoms with Crippen molar-refractivity contribution in [2.24, 2.45) is 11.7 Å². The number of primary amides is 1. The first kappa shape index (κ1) is 16.6. The average molecular weight is 354 g/mol. The van der Waals surface area contributed by atoms with Gasteiger partial charge < -0.3 is 15.4 Å². The highest BCUT2D eigenvalue weighted by Gasteiger charge is 2.55. The molecule has 1 aromatic carbocycles. The standard InChI is InChI=1S/C19H22N4O3/c1-12-7-8-21-23(12)10-9-22-18(25)16(17(20)24)14-11-19(22,2)26-15-6-4-3-5-13(14)15/h3-8,14,16H,9-11H2,1-2H3,(H2,20,24)/t14-,16+,19+/m0/s1. The maximum atomic E-state index is 13.2. The first-order chi connectivity index (χ1) is 12.4. The lowest BCUT2D eigenvalue weighted by Crippen LogP contribution is -2.65. The minimum atomic E-state index is -0.869. The van der Waals surface area contributed by atoms with Crippen molar-refractivity contribution in [3.8, 4) is 5.75 Å². The van der Waals surface area contributed by atoms with Crippen LogP contribution in [0.1, 0.15) is 30.5 Å². The summed E-state index contributed by atoms with van der Waals surface area (Å²) >= 11 is 0. The molecule has 26 heavy (non-hydrogen) atoms. The molecular formula is C19H22N4O3. The topological polar surface area (TPSA) is 90.5 Å². The predicted octanol–water partition coefficient (Wildman–Crippen LogP) is 1.42. The first-order valence-corrected chi connectivity index (χ1v) is 8.78. The molecule has 2 bridgehead atoms. The number of nitrogens with zero attached hydrogens (tertiary/aromatic N) is 3. The van der Waals surface area contributed by atoms with Crippen molar-refractivity contribution in [2.75, 3.05) is 6.54 Å². The Hall–Kier alpha value is -2.83. The second kappa shape index (κ2) is 5.86. The van der Waals surface area contributed by atoms with E-state index in [1.165, 1.54) is 0 Å². The number of rotatable bonds is 4. The highest BCUT2D eigenvalue weighted by atomic mass is 16.5. The minimum Gasteiger partial charge on any atom is -0.468 e. The van der Waals surface area contributed by atoms with Crippen molar-refractivity contribution in [3.05, 3.63) is 47.8 Å². The van der Waals surface area contributed by atoms with E-state index in [0.717, 1.165) is 11.3 Å². The number of likely N-dealkylation sites (tertiary alicyclic amines) is 1. The fourth-order valence-corrected chi connectivity index (χ4v) is 4.21. The predicted molar refractivity (Wildman–Crippen MR) is 94.2 cm³/mol. The molecule has 1 aromatic heterocycles. The molecule has 2 aliphatic heterocycles. The summed E-state index contributed by atoms with van der Waals surface area (Å²) in [6, 6.07) is 9.48. The zero-order chi connectivity index (χ0) is 18.5. The first-order valence-electron chi connectivity index (χ1n) is 8.78. The Labute approximate surface area is 151 Å². The lowest BCUT2D eigenvalue weighted by molar-refractivity contribution is -0.175. The van der Waals surface area contributed by atoms with Crippen LogP contribution in [-0.2, 0) is 16.1 Å². The lowest BCUT2D eigenvalue weighted by Gasteiger charge is -2.52. The maximum absolute atomic E-state index is 13.2. The average Bonchev–Trinajstić information content (AvgIpc) is 2.99. The van der Waals surface area contributed by atoms with Gasteiger partial charge in [-0.3, -0.25) is 14.3 Å². The van der Waals surface area contributed by atoms with Crippen molar-refractivity contribution in [1.29, 1.82) is 0 Å². The molecule has 2 amide bonds. The number of amides is 2. The van der Waals surface area contributed by atoms with Gasteiger partial charge >= 0.3 is 0 Å². The highest BCUT2D eigenvalue weighted by Crippen LogP contribution is 2.49. The van der Waals surface area contributed by atoms with Crippen LogP contribution in [0.15, 0.2) is 36.5 Å². The van der Waals surface area contributed by atoms with Crippen molar-refractivity contribution < 1.29 is 14.3 Å². The molecule has 7 nitrogen and oxygen atoms in total. The summed E-state index contributed by atoms with van der Waals surface area (Å²) in [4.78, 5) is 26.9. The van der Waals surface area contributed by atoms with Crippen LogP contribution < -0.4 is 10.5 Å². The van der Waals surface area contributed by atoms with Crippen LogP contribution in [0.25, 0.3) is 0 Å². The number of carbonyl (C=O) groups excluding carboxylic acids is 2. The largest absolute Gasteiger partial charge is 0.468 e. The summed E-state index contributed by atoms with van der Waals surface area (Å²) in [5.41, 5.74) is 6.72. The summed E-state index contributed by atoms with van der Waals surface area (Å²) in [6.45, 7) is 4.79. The second-order valence-electron chi connectivity index (χ2n) is 7.19. The molecule has 0 unspecified atom stereocenters. The Morgan fingerprint density at radius 1 is 1.35 bits per heavy atom. The smallest absolute Gasteiger partial charge is 0.238 e. The number of hydrogen-bond acceptors (Lipinski definition) is 4. The highest BCUT2D eigenvalue weighted by molar-refractivity contribution is 6.01. The van der Waals surface area contributed by atoms with E-state index in [1.54, 1.807) is 11.1 Å². The number of aryl methyl sites for hydroxylation is 1. The van der Waals surface area contributed by atoms with Crippen molar-refractivity contribution in [2.45, 2.75) is 38.5 Å². The van der Waals surface area contributed by atoms with E-state index in [1.807, 2.05) is 48.9 Å². The molecule has 0 radical (unpaired) electrons. The maximum Gasteiger partial charge on any atom is 0.238 e. The van der Waals surface area contributed by atoms with Crippen LogP contribution in [0.4, 0.5) is 0 Å². The van der Waals surface area contributed by atoms with Gasteiger partial charge in [0.05, 0.1) is 6.54 Å². The summed E-state index contributed by atoms with van der Waals surface area (Å²) in [7, 11) is 0. The van der Waals surface area contributed by atoms with Gasteiger partial charge in [0.2, 0.25) is 11.8 Å². The number of benzene rings is 1. The second-order valence-corrected chi connectivity index (χ2v) is 7.19. The molecule has 2 aliphatic rings. The van der Waals surface area contributed by atoms with Gasteiger partial charge in [0.25, 0.3) is 0 Å². The van der Waals surface area contributed by atoms with Crippen LogP contribution in [0, 0.1) is 12.8 Å². The summed E-state index contributed by atoms with van der Waals surface area (Å²) in [5.74, 6) is -1.26. The monoisotopic (exact) mass is 354 g/mol. The number of carbonyl (C=O) groups is 2. The van der Waals surface area contributed by atoms with Crippen LogP contribution in [0.2, 0.25) is 0 Å². The van der Waals surface area contributed by atoms with E-state index < -0.39 is 17.6 Å². The normalized spacial score (nSPS) is 27.0. The third-order valence-corrected chi connectivity index (χ3v) is 5.52. The number of hydrogen-bond donors (Lipinski definition) is 1. The number of aromatic nitrogens is 2. The molecule has 4 rings (SSSR count). The molecule has 3 atom stereocenters. The quantitative estimate of drug-likeness (QED) is 0.841. The van der Waals surface area contributed by atoms with E-state index in [4.69, 9.17) is 10.5 Å². The van der Waals surface area contributed by atoms with E-state index in [0.29, 0.717) is 25.3 Å². The third kappa shape index (κ3) is 2.46. The van der Waals surface area contributed by atoms with Crippen molar-refractivity contribution in [3.63, 3.8) is 0 Å². The zero-order valence-corrected chi connectivity index (χ0v) is 14.9. The number of fused-ring (bicyclic) bond motifs is 4. The van der Waals surface area contributed by atoms with Gasteiger partial charge in [-0.1, -0.05) is 18.2 Å². The number of para-hydroxylation sites is 1. The summed E-state index contributed by atoms with van der Waals surface area (Å²) < 4.78 is 8.06. The third-order valence-electron chi connectivity index (χ3n) is 5.52. The van der Waals surface area contributed by atoms with Crippen LogP contribution >= 0.6 is 0 Å². The van der Waals surface area contributed by atoms with E-state index in [9.17, 15) is 9.59 Å². The molecule has 3 heterocycles. The molecule has 0 spiro atoms. The number of nitrogens with two attached hydrogens (primary N) is 1. The molecule has 1 fully saturated rings. The van der Waals surface area contributed by atoms with Gasteiger partial charge in [0, 0.05) is 30.8 Å². The summed E-state index contributed by atoms with van der Waals surface area (Å²) in [6.07, 6.45) is 2.27.